The summed E-state index contributed by atoms with van der Waals surface area (Å²) < 4.78 is 12.4. The number of fused-ring (bicyclic) bond motifs is 2. The van der Waals surface area contributed by atoms with Gasteiger partial charge in [0.2, 0.25) is 5.91 Å². The molecule has 2 aromatic carbocycles. The third-order valence-electron chi connectivity index (χ3n) is 4.28. The fourth-order valence-electron chi connectivity index (χ4n) is 2.95. The van der Waals surface area contributed by atoms with Crippen molar-refractivity contribution in [1.29, 1.82) is 0 Å². The van der Waals surface area contributed by atoms with Gasteiger partial charge >= 0.3 is 0 Å². The smallest absolute Gasteiger partial charge is 0.273 e. The van der Waals surface area contributed by atoms with E-state index in [0.717, 1.165) is 4.68 Å². The molecule has 27 heavy (non-hydrogen) atoms. The Kier molecular flexibility index (Phi) is 4.37. The zero-order chi connectivity index (χ0) is 18.8. The van der Waals surface area contributed by atoms with Crippen LogP contribution in [0.3, 0.4) is 0 Å². The van der Waals surface area contributed by atoms with Crippen molar-refractivity contribution in [2.75, 3.05) is 13.2 Å². The number of hydrogen-bond acceptors (Lipinski definition) is 5. The van der Waals surface area contributed by atoms with Crippen molar-refractivity contribution in [1.82, 2.24) is 15.1 Å². The molecule has 1 atom stereocenters. The lowest BCUT2D eigenvalue weighted by molar-refractivity contribution is -0.122. The summed E-state index contributed by atoms with van der Waals surface area (Å²) in [5.74, 6) is 0.879. The Morgan fingerprint density at radius 3 is 2.59 bits per heavy atom. The molecule has 0 bridgehead atoms. The molecular weight excluding hydrogens is 350 g/mol. The first-order chi connectivity index (χ1) is 13.1. The van der Waals surface area contributed by atoms with Gasteiger partial charge in [0.15, 0.2) is 11.5 Å². The van der Waals surface area contributed by atoms with Gasteiger partial charge in [-0.15, -0.1) is 0 Å². The summed E-state index contributed by atoms with van der Waals surface area (Å²) in [7, 11) is 0. The maximum absolute atomic E-state index is 12.4. The van der Waals surface area contributed by atoms with E-state index in [1.165, 1.54) is 0 Å². The van der Waals surface area contributed by atoms with Crippen LogP contribution in [-0.4, -0.2) is 34.9 Å². The molecule has 1 aromatic heterocycles. The van der Waals surface area contributed by atoms with E-state index in [0.29, 0.717) is 23.5 Å². The Bertz CT molecular complexity index is 1120. The minimum atomic E-state index is -0.425. The summed E-state index contributed by atoms with van der Waals surface area (Å²) in [6.45, 7) is 0.243. The molecule has 3 aromatic rings. The highest BCUT2D eigenvalue weighted by Gasteiger charge is 2.21. The largest absolute Gasteiger partial charge is 0.486 e. The van der Waals surface area contributed by atoms with Crippen molar-refractivity contribution in [3.05, 3.63) is 69.2 Å². The van der Waals surface area contributed by atoms with Crippen LogP contribution < -0.4 is 25.9 Å². The maximum atomic E-state index is 12.4. The van der Waals surface area contributed by atoms with Crippen molar-refractivity contribution in [3.8, 4) is 11.5 Å². The van der Waals surface area contributed by atoms with Crippen LogP contribution in [-0.2, 0) is 11.3 Å². The van der Waals surface area contributed by atoms with Crippen molar-refractivity contribution in [2.24, 2.45) is 0 Å². The molecule has 8 nitrogen and oxygen atoms in total. The number of amides is 1. The summed E-state index contributed by atoms with van der Waals surface area (Å²) in [6, 6.07) is 13.8. The fourth-order valence-corrected chi connectivity index (χ4v) is 2.95. The fraction of sp³-hybridized carbons (Fsp3) is 0.211. The molecule has 0 saturated carbocycles. The molecule has 2 heterocycles. The predicted octanol–water partition coefficient (Wildman–Crippen LogP) is 0.646. The minimum absolute atomic E-state index is 0.222. The molecule has 2 N–H and O–H groups in total. The SMILES string of the molecule is O=C(Cn1[nH]c(=O)c2ccccc2c1=O)NC[C@@H]1COc2ccccc2O1. The first-order valence-corrected chi connectivity index (χ1v) is 8.49. The number of H-pyrrole nitrogens is 1. The topological polar surface area (TPSA) is 102 Å². The third-order valence-corrected chi connectivity index (χ3v) is 4.28. The number of hydrogen-bond donors (Lipinski definition) is 2. The second-order valence-corrected chi connectivity index (χ2v) is 6.18. The second kappa shape index (κ2) is 6.99. The van der Waals surface area contributed by atoms with E-state index < -0.39 is 17.0 Å². The molecule has 0 saturated heterocycles. The van der Waals surface area contributed by atoms with E-state index in [1.807, 2.05) is 18.2 Å². The Balaban J connectivity index is 1.42. The van der Waals surface area contributed by atoms with Crippen molar-refractivity contribution < 1.29 is 14.3 Å². The minimum Gasteiger partial charge on any atom is -0.486 e. The van der Waals surface area contributed by atoms with Gasteiger partial charge in [0.05, 0.1) is 17.3 Å². The van der Waals surface area contributed by atoms with Crippen molar-refractivity contribution in [2.45, 2.75) is 12.6 Å². The molecule has 1 amide bonds. The van der Waals surface area contributed by atoms with Crippen LogP contribution in [0.5, 0.6) is 11.5 Å². The van der Waals surface area contributed by atoms with Gasteiger partial charge in [-0.2, -0.15) is 0 Å². The van der Waals surface area contributed by atoms with Gasteiger partial charge in [0.25, 0.3) is 11.1 Å². The van der Waals surface area contributed by atoms with Crippen LogP contribution in [0.15, 0.2) is 58.1 Å². The van der Waals surface area contributed by atoms with Gasteiger partial charge in [-0.25, -0.2) is 4.68 Å². The summed E-state index contributed by atoms with van der Waals surface area (Å²) in [4.78, 5) is 36.7. The van der Waals surface area contributed by atoms with Gasteiger partial charge < -0.3 is 14.8 Å². The van der Waals surface area contributed by atoms with Gasteiger partial charge in [-0.05, 0) is 24.3 Å². The number of para-hydroxylation sites is 2. The first-order valence-electron chi connectivity index (χ1n) is 8.49. The van der Waals surface area contributed by atoms with Crippen LogP contribution in [0, 0.1) is 0 Å². The second-order valence-electron chi connectivity index (χ2n) is 6.18. The molecule has 0 spiro atoms. The normalized spacial score (nSPS) is 15.5. The lowest BCUT2D eigenvalue weighted by Gasteiger charge is -2.26. The average Bonchev–Trinajstić information content (AvgIpc) is 2.70. The van der Waals surface area contributed by atoms with Crippen molar-refractivity contribution in [3.63, 3.8) is 0 Å². The van der Waals surface area contributed by atoms with Gasteiger partial charge in [-0.1, -0.05) is 24.3 Å². The highest BCUT2D eigenvalue weighted by atomic mass is 16.6. The van der Waals surface area contributed by atoms with E-state index in [4.69, 9.17) is 9.47 Å². The maximum Gasteiger partial charge on any atom is 0.273 e. The molecule has 138 valence electrons. The molecular formula is C19H17N3O5. The van der Waals surface area contributed by atoms with Gasteiger partial charge in [0.1, 0.15) is 19.3 Å². The number of nitrogens with one attached hydrogen (secondary N) is 2. The van der Waals surface area contributed by atoms with Crippen LogP contribution in [0.25, 0.3) is 10.8 Å². The van der Waals surface area contributed by atoms with E-state index in [-0.39, 0.29) is 24.6 Å². The highest BCUT2D eigenvalue weighted by molar-refractivity contribution is 5.81. The number of benzene rings is 2. The lowest BCUT2D eigenvalue weighted by atomic mass is 10.2. The molecule has 1 aliphatic rings. The third kappa shape index (κ3) is 3.41. The number of aromatic nitrogens is 2. The monoisotopic (exact) mass is 367 g/mol. The zero-order valence-electron chi connectivity index (χ0n) is 14.3. The molecule has 0 aliphatic carbocycles. The number of carbonyl (C=O) groups excluding carboxylic acids is 1. The predicted molar refractivity (Wildman–Crippen MR) is 98.2 cm³/mol. The van der Waals surface area contributed by atoms with Crippen LogP contribution in [0.4, 0.5) is 0 Å². The first kappa shape index (κ1) is 16.9. The Hall–Kier alpha value is -3.55. The summed E-state index contributed by atoms with van der Waals surface area (Å²) in [6.07, 6.45) is -0.337. The number of nitrogens with zero attached hydrogens (tertiary/aromatic N) is 1. The molecule has 1 aliphatic heterocycles. The standard InChI is InChI=1S/C19H17N3O5/c23-17(20-9-12-11-26-15-7-3-4-8-16(15)27-12)10-22-19(25)14-6-2-1-5-13(14)18(24)21-22/h1-8,12H,9-11H2,(H,20,23)(H,21,24)/t12-/m1/s1. The quantitative estimate of drug-likeness (QED) is 0.705. The summed E-state index contributed by atoms with van der Waals surface area (Å²) in [5.41, 5.74) is -0.842. The van der Waals surface area contributed by atoms with E-state index in [2.05, 4.69) is 10.4 Å². The van der Waals surface area contributed by atoms with E-state index in [1.54, 1.807) is 30.3 Å². The van der Waals surface area contributed by atoms with Gasteiger partial charge in [-0.3, -0.25) is 19.5 Å². The lowest BCUT2D eigenvalue weighted by Crippen LogP contribution is -2.43. The zero-order valence-corrected chi connectivity index (χ0v) is 14.3. The van der Waals surface area contributed by atoms with Crippen LogP contribution in [0.1, 0.15) is 0 Å². The average molecular weight is 367 g/mol. The van der Waals surface area contributed by atoms with Crippen molar-refractivity contribution >= 4 is 16.7 Å². The Morgan fingerprint density at radius 1 is 1.07 bits per heavy atom. The Morgan fingerprint density at radius 2 is 1.78 bits per heavy atom. The molecule has 0 radical (unpaired) electrons. The van der Waals surface area contributed by atoms with E-state index >= 15 is 0 Å². The van der Waals surface area contributed by atoms with Crippen LogP contribution >= 0.6 is 0 Å². The summed E-state index contributed by atoms with van der Waals surface area (Å²) in [5, 5.41) is 5.70. The molecule has 0 fully saturated rings. The van der Waals surface area contributed by atoms with E-state index in [9.17, 15) is 14.4 Å². The number of rotatable bonds is 4. The molecule has 8 heteroatoms. The summed E-state index contributed by atoms with van der Waals surface area (Å²) >= 11 is 0. The number of aromatic amines is 1. The molecule has 4 rings (SSSR count). The Labute approximate surface area is 153 Å². The van der Waals surface area contributed by atoms with Crippen LogP contribution in [0.2, 0.25) is 0 Å². The number of carbonyl (C=O) groups is 1. The van der Waals surface area contributed by atoms with Gasteiger partial charge in [0, 0.05) is 0 Å². The number of ether oxygens (including phenoxy) is 2. The molecule has 0 unspecified atom stereocenters. The highest BCUT2D eigenvalue weighted by Crippen LogP contribution is 2.30.